The number of rotatable bonds is 8. The number of ether oxygens (including phenoxy) is 2. The quantitative estimate of drug-likeness (QED) is 0.737. The molecule has 6 heteroatoms. The first-order chi connectivity index (χ1) is 10.8. The van der Waals surface area contributed by atoms with Crippen molar-refractivity contribution in [3.63, 3.8) is 0 Å². The Balaban J connectivity index is 0.00000264. The summed E-state index contributed by atoms with van der Waals surface area (Å²) in [7, 11) is 3.61. The van der Waals surface area contributed by atoms with E-state index in [0.29, 0.717) is 19.3 Å². The second-order valence-electron chi connectivity index (χ2n) is 5.57. The molecule has 1 aliphatic heterocycles. The fraction of sp³-hybridized carbons (Fsp3) is 0.588. The van der Waals surface area contributed by atoms with Crippen LogP contribution in [0.25, 0.3) is 0 Å². The molecular formula is C17H27ClN2O3. The summed E-state index contributed by atoms with van der Waals surface area (Å²) in [5.41, 5.74) is 0.729. The average molecular weight is 343 g/mol. The Morgan fingerprint density at radius 2 is 2.04 bits per heavy atom. The van der Waals surface area contributed by atoms with Crippen LogP contribution in [-0.2, 0) is 4.74 Å². The van der Waals surface area contributed by atoms with E-state index < -0.39 is 0 Å². The Labute approximate surface area is 144 Å². The zero-order chi connectivity index (χ0) is 15.8. The number of methoxy groups -OCH3 is 1. The standard InChI is InChI=1S/C17H26N2O3.ClH/c1-18-13-15-5-3-10-19(15)17(20)14-6-8-16(9-7-14)22-12-4-11-21-2;/h6-9,15,18H,3-5,10-13H2,1-2H3;1H. The molecule has 0 bridgehead atoms. The van der Waals surface area contributed by atoms with Crippen LogP contribution in [0.3, 0.4) is 0 Å². The van der Waals surface area contributed by atoms with Gasteiger partial charge in [-0.3, -0.25) is 4.79 Å². The third-order valence-electron chi connectivity index (χ3n) is 3.94. The van der Waals surface area contributed by atoms with E-state index in [1.165, 1.54) is 0 Å². The van der Waals surface area contributed by atoms with Crippen LogP contribution in [0.15, 0.2) is 24.3 Å². The number of halogens is 1. The molecule has 0 radical (unpaired) electrons. The van der Waals surface area contributed by atoms with Gasteiger partial charge in [0.15, 0.2) is 0 Å². The Morgan fingerprint density at radius 3 is 2.70 bits per heavy atom. The van der Waals surface area contributed by atoms with E-state index in [2.05, 4.69) is 5.32 Å². The van der Waals surface area contributed by atoms with E-state index in [1.807, 2.05) is 36.2 Å². The Hall–Kier alpha value is -1.30. The van der Waals surface area contributed by atoms with Crippen molar-refractivity contribution in [3.8, 4) is 5.75 Å². The first kappa shape index (κ1) is 19.7. The number of nitrogens with one attached hydrogen (secondary N) is 1. The average Bonchev–Trinajstić information content (AvgIpc) is 3.00. The molecule has 1 heterocycles. The summed E-state index contributed by atoms with van der Waals surface area (Å²) < 4.78 is 10.6. The number of likely N-dealkylation sites (tertiary alicyclic amines) is 1. The molecule has 5 nitrogen and oxygen atoms in total. The molecule has 1 aliphatic rings. The van der Waals surface area contributed by atoms with Crippen molar-refractivity contribution in [1.82, 2.24) is 10.2 Å². The lowest BCUT2D eigenvalue weighted by Crippen LogP contribution is -2.40. The number of hydrogen-bond donors (Lipinski definition) is 1. The minimum absolute atomic E-state index is 0. The van der Waals surface area contributed by atoms with Crippen LogP contribution in [0.4, 0.5) is 0 Å². The molecule has 1 aromatic carbocycles. The molecule has 1 amide bonds. The number of nitrogens with zero attached hydrogens (tertiary/aromatic N) is 1. The van der Waals surface area contributed by atoms with Crippen LogP contribution >= 0.6 is 12.4 Å². The number of likely N-dealkylation sites (N-methyl/N-ethyl adjacent to an activating group) is 1. The van der Waals surface area contributed by atoms with Gasteiger partial charge in [0.05, 0.1) is 6.61 Å². The van der Waals surface area contributed by atoms with Crippen molar-refractivity contribution < 1.29 is 14.3 Å². The predicted molar refractivity (Wildman–Crippen MR) is 93.7 cm³/mol. The molecule has 23 heavy (non-hydrogen) atoms. The molecule has 0 aliphatic carbocycles. The third-order valence-corrected chi connectivity index (χ3v) is 3.94. The topological polar surface area (TPSA) is 50.8 Å². The van der Waals surface area contributed by atoms with Gasteiger partial charge in [-0.25, -0.2) is 0 Å². The van der Waals surface area contributed by atoms with Crippen LogP contribution in [0, 0.1) is 0 Å². The van der Waals surface area contributed by atoms with Gasteiger partial charge < -0.3 is 19.7 Å². The predicted octanol–water partition coefficient (Wildman–Crippen LogP) is 2.35. The lowest BCUT2D eigenvalue weighted by Gasteiger charge is -2.24. The van der Waals surface area contributed by atoms with Crippen molar-refractivity contribution in [3.05, 3.63) is 29.8 Å². The zero-order valence-corrected chi connectivity index (χ0v) is 14.7. The molecular weight excluding hydrogens is 316 g/mol. The van der Waals surface area contributed by atoms with Crippen molar-refractivity contribution in [2.75, 3.05) is 40.5 Å². The van der Waals surface area contributed by atoms with Crippen LogP contribution in [0.5, 0.6) is 5.75 Å². The van der Waals surface area contributed by atoms with Gasteiger partial charge in [0.2, 0.25) is 0 Å². The van der Waals surface area contributed by atoms with Crippen molar-refractivity contribution in [2.45, 2.75) is 25.3 Å². The Morgan fingerprint density at radius 1 is 1.30 bits per heavy atom. The van der Waals surface area contributed by atoms with Crippen LogP contribution < -0.4 is 10.1 Å². The first-order valence-electron chi connectivity index (χ1n) is 7.93. The van der Waals surface area contributed by atoms with Gasteiger partial charge in [-0.05, 0) is 44.2 Å². The summed E-state index contributed by atoms with van der Waals surface area (Å²) in [6.45, 7) is 3.02. The molecule has 1 saturated heterocycles. The molecule has 0 aromatic heterocycles. The molecule has 1 unspecified atom stereocenters. The summed E-state index contributed by atoms with van der Waals surface area (Å²) in [5, 5.41) is 3.16. The summed E-state index contributed by atoms with van der Waals surface area (Å²) in [6.07, 6.45) is 3.02. The number of carbonyl (C=O) groups excluding carboxylic acids is 1. The molecule has 1 aromatic rings. The van der Waals surface area contributed by atoms with Crippen LogP contribution in [0.2, 0.25) is 0 Å². The minimum atomic E-state index is 0. The van der Waals surface area contributed by atoms with Gasteiger partial charge in [0, 0.05) is 44.8 Å². The highest BCUT2D eigenvalue weighted by Gasteiger charge is 2.28. The van der Waals surface area contributed by atoms with Crippen molar-refractivity contribution in [2.24, 2.45) is 0 Å². The van der Waals surface area contributed by atoms with Gasteiger partial charge in [0.1, 0.15) is 5.75 Å². The second-order valence-corrected chi connectivity index (χ2v) is 5.57. The maximum Gasteiger partial charge on any atom is 0.254 e. The highest BCUT2D eigenvalue weighted by atomic mass is 35.5. The van der Waals surface area contributed by atoms with Gasteiger partial charge >= 0.3 is 0 Å². The summed E-state index contributed by atoms with van der Waals surface area (Å²) in [6, 6.07) is 7.74. The van der Waals surface area contributed by atoms with Crippen LogP contribution in [0.1, 0.15) is 29.6 Å². The van der Waals surface area contributed by atoms with E-state index >= 15 is 0 Å². The fourth-order valence-corrected chi connectivity index (χ4v) is 2.80. The van der Waals surface area contributed by atoms with Gasteiger partial charge in [0.25, 0.3) is 5.91 Å². The third kappa shape index (κ3) is 5.68. The molecule has 130 valence electrons. The first-order valence-corrected chi connectivity index (χ1v) is 7.93. The van der Waals surface area contributed by atoms with E-state index in [9.17, 15) is 4.79 Å². The Bertz CT molecular complexity index is 467. The smallest absolute Gasteiger partial charge is 0.254 e. The lowest BCUT2D eigenvalue weighted by molar-refractivity contribution is 0.0737. The summed E-state index contributed by atoms with van der Waals surface area (Å²) in [5.74, 6) is 0.907. The molecule has 0 saturated carbocycles. The number of carbonyl (C=O) groups is 1. The summed E-state index contributed by atoms with van der Waals surface area (Å²) in [4.78, 5) is 14.6. The van der Waals surface area contributed by atoms with Gasteiger partial charge in [-0.2, -0.15) is 0 Å². The van der Waals surface area contributed by atoms with E-state index in [0.717, 1.165) is 43.7 Å². The largest absolute Gasteiger partial charge is 0.494 e. The molecule has 1 atom stereocenters. The minimum Gasteiger partial charge on any atom is -0.494 e. The molecule has 1 N–H and O–H groups in total. The fourth-order valence-electron chi connectivity index (χ4n) is 2.80. The van der Waals surface area contributed by atoms with Gasteiger partial charge in [-0.1, -0.05) is 0 Å². The highest BCUT2D eigenvalue weighted by molar-refractivity contribution is 5.94. The van der Waals surface area contributed by atoms with E-state index in [4.69, 9.17) is 9.47 Å². The molecule has 2 rings (SSSR count). The van der Waals surface area contributed by atoms with Crippen LogP contribution in [-0.4, -0.2) is 57.3 Å². The number of hydrogen-bond acceptors (Lipinski definition) is 4. The monoisotopic (exact) mass is 342 g/mol. The van der Waals surface area contributed by atoms with Gasteiger partial charge in [-0.15, -0.1) is 12.4 Å². The second kappa shape index (κ2) is 10.5. The normalized spacial score (nSPS) is 17.0. The zero-order valence-electron chi connectivity index (χ0n) is 13.9. The summed E-state index contributed by atoms with van der Waals surface area (Å²) >= 11 is 0. The Kier molecular flexibility index (Phi) is 8.99. The SMILES string of the molecule is CNCC1CCCN1C(=O)c1ccc(OCCCOC)cc1.Cl. The van der Waals surface area contributed by atoms with E-state index in [1.54, 1.807) is 7.11 Å². The number of benzene rings is 1. The maximum atomic E-state index is 12.6. The molecule has 0 spiro atoms. The van der Waals surface area contributed by atoms with Crippen molar-refractivity contribution >= 4 is 18.3 Å². The lowest BCUT2D eigenvalue weighted by atomic mass is 10.1. The highest BCUT2D eigenvalue weighted by Crippen LogP contribution is 2.21. The van der Waals surface area contributed by atoms with E-state index in [-0.39, 0.29) is 18.3 Å². The molecule has 1 fully saturated rings. The number of amides is 1. The maximum absolute atomic E-state index is 12.6. The van der Waals surface area contributed by atoms with Crippen molar-refractivity contribution in [1.29, 1.82) is 0 Å².